The first-order valence-electron chi connectivity index (χ1n) is 6.27. The molecule has 1 aromatic rings. The van der Waals surface area contributed by atoms with Crippen LogP contribution < -0.4 is 10.6 Å². The number of thiophene rings is 1. The Kier molecular flexibility index (Phi) is 4.38. The highest BCUT2D eigenvalue weighted by atomic mass is 32.1. The molecule has 1 unspecified atom stereocenters. The van der Waals surface area contributed by atoms with E-state index in [0.717, 1.165) is 13.1 Å². The predicted molar refractivity (Wildman–Crippen MR) is 70.9 cm³/mol. The van der Waals surface area contributed by atoms with Crippen molar-refractivity contribution in [2.75, 3.05) is 19.6 Å². The summed E-state index contributed by atoms with van der Waals surface area (Å²) in [5.41, 5.74) is 1.91. The van der Waals surface area contributed by atoms with Crippen molar-refractivity contribution in [2.45, 2.75) is 32.7 Å². The Bertz CT molecular complexity index is 289. The van der Waals surface area contributed by atoms with Gasteiger partial charge < -0.3 is 10.6 Å². The third-order valence-electron chi connectivity index (χ3n) is 3.72. The molecule has 2 rings (SSSR count). The maximum Gasteiger partial charge on any atom is 0.0213 e. The summed E-state index contributed by atoms with van der Waals surface area (Å²) in [5, 5.41) is 11.5. The summed E-state index contributed by atoms with van der Waals surface area (Å²) in [7, 11) is 0. The van der Waals surface area contributed by atoms with Crippen LogP contribution in [0.1, 0.15) is 31.7 Å². The van der Waals surface area contributed by atoms with E-state index in [1.165, 1.54) is 37.9 Å². The summed E-state index contributed by atoms with van der Waals surface area (Å²) in [4.78, 5) is 0. The minimum atomic E-state index is 0.494. The van der Waals surface area contributed by atoms with E-state index in [-0.39, 0.29) is 0 Å². The van der Waals surface area contributed by atoms with Gasteiger partial charge in [0.2, 0.25) is 0 Å². The summed E-state index contributed by atoms with van der Waals surface area (Å²) < 4.78 is 0. The van der Waals surface area contributed by atoms with Gasteiger partial charge in [-0.1, -0.05) is 6.92 Å². The Morgan fingerprint density at radius 2 is 2.50 bits per heavy atom. The lowest BCUT2D eigenvalue weighted by Gasteiger charge is -2.37. The van der Waals surface area contributed by atoms with Crippen LogP contribution in [-0.4, -0.2) is 19.6 Å². The minimum Gasteiger partial charge on any atom is -0.316 e. The van der Waals surface area contributed by atoms with E-state index in [9.17, 15) is 0 Å². The van der Waals surface area contributed by atoms with Crippen LogP contribution in [-0.2, 0) is 6.54 Å². The van der Waals surface area contributed by atoms with E-state index in [1.54, 1.807) is 11.3 Å². The smallest absolute Gasteiger partial charge is 0.0213 e. The van der Waals surface area contributed by atoms with Crippen LogP contribution in [0.15, 0.2) is 16.8 Å². The van der Waals surface area contributed by atoms with Crippen LogP contribution in [0.4, 0.5) is 0 Å². The lowest BCUT2D eigenvalue weighted by atomic mass is 9.78. The summed E-state index contributed by atoms with van der Waals surface area (Å²) in [5.74, 6) is 0. The van der Waals surface area contributed by atoms with E-state index in [0.29, 0.717) is 5.41 Å². The topological polar surface area (TPSA) is 24.1 Å². The van der Waals surface area contributed by atoms with Crippen LogP contribution in [0.5, 0.6) is 0 Å². The molecule has 0 amide bonds. The van der Waals surface area contributed by atoms with Gasteiger partial charge in [0, 0.05) is 19.6 Å². The second-order valence-electron chi connectivity index (χ2n) is 4.87. The predicted octanol–water partition coefficient (Wildman–Crippen LogP) is 2.62. The van der Waals surface area contributed by atoms with Gasteiger partial charge in [-0.2, -0.15) is 11.3 Å². The Morgan fingerprint density at radius 3 is 3.12 bits per heavy atom. The normalized spacial score (nSPS) is 25.8. The molecule has 0 aliphatic carbocycles. The van der Waals surface area contributed by atoms with Crippen molar-refractivity contribution >= 4 is 11.3 Å². The van der Waals surface area contributed by atoms with Crippen molar-refractivity contribution in [1.29, 1.82) is 0 Å². The van der Waals surface area contributed by atoms with Crippen LogP contribution >= 0.6 is 11.3 Å². The number of piperidine rings is 1. The molecule has 90 valence electrons. The molecule has 0 bridgehead atoms. The number of nitrogens with one attached hydrogen (secondary N) is 2. The van der Waals surface area contributed by atoms with Gasteiger partial charge in [0.25, 0.3) is 0 Å². The van der Waals surface area contributed by atoms with Crippen LogP contribution in [0.25, 0.3) is 0 Å². The van der Waals surface area contributed by atoms with Gasteiger partial charge >= 0.3 is 0 Å². The first-order chi connectivity index (χ1) is 7.85. The third-order valence-corrected chi connectivity index (χ3v) is 4.45. The monoisotopic (exact) mass is 238 g/mol. The largest absolute Gasteiger partial charge is 0.316 e. The quantitative estimate of drug-likeness (QED) is 0.824. The molecule has 1 atom stereocenters. The highest BCUT2D eigenvalue weighted by Gasteiger charge is 2.29. The molecule has 0 radical (unpaired) electrons. The highest BCUT2D eigenvalue weighted by Crippen LogP contribution is 2.29. The summed E-state index contributed by atoms with van der Waals surface area (Å²) in [6, 6.07) is 2.20. The number of rotatable bonds is 5. The standard InChI is InChI=1S/C13H22N2S/c1-2-13(5-3-6-14-10-13)11-15-8-12-4-7-16-9-12/h4,7,9,14-15H,2-3,5-6,8,10-11H2,1H3. The maximum atomic E-state index is 3.62. The average molecular weight is 238 g/mol. The number of hydrogen-bond acceptors (Lipinski definition) is 3. The van der Waals surface area contributed by atoms with Gasteiger partial charge in [0.1, 0.15) is 0 Å². The molecule has 3 heteroatoms. The van der Waals surface area contributed by atoms with Crippen LogP contribution in [0.2, 0.25) is 0 Å². The van der Waals surface area contributed by atoms with Gasteiger partial charge in [-0.15, -0.1) is 0 Å². The zero-order valence-corrected chi connectivity index (χ0v) is 10.9. The molecule has 1 aliphatic heterocycles. The van der Waals surface area contributed by atoms with Gasteiger partial charge in [-0.25, -0.2) is 0 Å². The SMILES string of the molecule is CCC1(CNCc2ccsc2)CCCNC1. The lowest BCUT2D eigenvalue weighted by Crippen LogP contribution is -2.45. The molecule has 0 spiro atoms. The van der Waals surface area contributed by atoms with Gasteiger partial charge in [0.15, 0.2) is 0 Å². The van der Waals surface area contributed by atoms with E-state index >= 15 is 0 Å². The Hall–Kier alpha value is -0.380. The fourth-order valence-corrected chi connectivity index (χ4v) is 3.14. The van der Waals surface area contributed by atoms with Crippen molar-refractivity contribution in [1.82, 2.24) is 10.6 Å². The molecular weight excluding hydrogens is 216 g/mol. The molecule has 1 fully saturated rings. The van der Waals surface area contributed by atoms with E-state index in [2.05, 4.69) is 34.4 Å². The highest BCUT2D eigenvalue weighted by molar-refractivity contribution is 7.07. The molecule has 1 saturated heterocycles. The Morgan fingerprint density at radius 1 is 1.56 bits per heavy atom. The van der Waals surface area contributed by atoms with E-state index in [1.807, 2.05) is 0 Å². The third kappa shape index (κ3) is 3.06. The second kappa shape index (κ2) is 5.80. The van der Waals surface area contributed by atoms with Gasteiger partial charge in [0.05, 0.1) is 0 Å². The molecule has 1 aromatic heterocycles. The second-order valence-corrected chi connectivity index (χ2v) is 5.65. The van der Waals surface area contributed by atoms with Crippen LogP contribution in [0, 0.1) is 5.41 Å². The van der Waals surface area contributed by atoms with Gasteiger partial charge in [-0.3, -0.25) is 0 Å². The summed E-state index contributed by atoms with van der Waals surface area (Å²) in [6.07, 6.45) is 3.97. The van der Waals surface area contributed by atoms with E-state index in [4.69, 9.17) is 0 Å². The molecule has 0 aromatic carbocycles. The van der Waals surface area contributed by atoms with Crippen molar-refractivity contribution < 1.29 is 0 Å². The first-order valence-corrected chi connectivity index (χ1v) is 7.21. The van der Waals surface area contributed by atoms with Crippen molar-refractivity contribution in [2.24, 2.45) is 5.41 Å². The average Bonchev–Trinajstić information content (AvgIpc) is 2.83. The molecule has 2 N–H and O–H groups in total. The molecule has 16 heavy (non-hydrogen) atoms. The Balaban J connectivity index is 1.78. The molecule has 2 nitrogen and oxygen atoms in total. The first kappa shape index (κ1) is 12.1. The molecular formula is C13H22N2S. The fourth-order valence-electron chi connectivity index (χ4n) is 2.47. The van der Waals surface area contributed by atoms with Crippen molar-refractivity contribution in [3.63, 3.8) is 0 Å². The fraction of sp³-hybridized carbons (Fsp3) is 0.692. The lowest BCUT2D eigenvalue weighted by molar-refractivity contribution is 0.192. The van der Waals surface area contributed by atoms with Crippen LogP contribution in [0.3, 0.4) is 0 Å². The Labute approximate surface area is 102 Å². The summed E-state index contributed by atoms with van der Waals surface area (Å²) in [6.45, 7) is 6.86. The maximum absolute atomic E-state index is 3.62. The zero-order valence-electron chi connectivity index (χ0n) is 10.1. The molecule has 2 heterocycles. The minimum absolute atomic E-state index is 0.494. The van der Waals surface area contributed by atoms with Gasteiger partial charge in [-0.05, 0) is 53.6 Å². The van der Waals surface area contributed by atoms with Crippen molar-refractivity contribution in [3.05, 3.63) is 22.4 Å². The molecule has 1 aliphatic rings. The summed E-state index contributed by atoms with van der Waals surface area (Å²) >= 11 is 1.78. The zero-order chi connectivity index (χ0) is 11.3. The number of hydrogen-bond donors (Lipinski definition) is 2. The van der Waals surface area contributed by atoms with Crippen molar-refractivity contribution in [3.8, 4) is 0 Å². The molecule has 0 saturated carbocycles. The van der Waals surface area contributed by atoms with E-state index < -0.39 is 0 Å².